The SMILES string of the molecule is CCOCCCNC(=S)Nc1ccn(Cc2ccc(Cl)c(Cl)c2)n1. The van der Waals surface area contributed by atoms with Crippen molar-refractivity contribution < 1.29 is 4.74 Å². The quantitative estimate of drug-likeness (QED) is 0.531. The molecule has 1 aromatic heterocycles. The van der Waals surface area contributed by atoms with Crippen LogP contribution in [0.25, 0.3) is 0 Å². The van der Waals surface area contributed by atoms with Gasteiger partial charge in [0.2, 0.25) is 0 Å². The summed E-state index contributed by atoms with van der Waals surface area (Å²) in [4.78, 5) is 0. The first-order chi connectivity index (χ1) is 11.6. The summed E-state index contributed by atoms with van der Waals surface area (Å²) in [7, 11) is 0. The third-order valence-electron chi connectivity index (χ3n) is 3.17. The Labute approximate surface area is 157 Å². The monoisotopic (exact) mass is 386 g/mol. The van der Waals surface area contributed by atoms with Gasteiger partial charge in [0, 0.05) is 32.0 Å². The number of rotatable bonds is 8. The van der Waals surface area contributed by atoms with Crippen LogP contribution >= 0.6 is 35.4 Å². The van der Waals surface area contributed by atoms with Crippen LogP contribution in [0.2, 0.25) is 10.0 Å². The number of ether oxygens (including phenoxy) is 1. The van der Waals surface area contributed by atoms with Crippen LogP contribution in [0.3, 0.4) is 0 Å². The summed E-state index contributed by atoms with van der Waals surface area (Å²) in [6.07, 6.45) is 2.78. The number of hydrogen-bond acceptors (Lipinski definition) is 3. The van der Waals surface area contributed by atoms with Gasteiger partial charge in [-0.25, -0.2) is 0 Å². The largest absolute Gasteiger partial charge is 0.382 e. The highest BCUT2D eigenvalue weighted by Gasteiger charge is 2.04. The summed E-state index contributed by atoms with van der Waals surface area (Å²) in [5.74, 6) is 0.692. The maximum absolute atomic E-state index is 6.03. The van der Waals surface area contributed by atoms with Crippen LogP contribution in [0, 0.1) is 0 Å². The van der Waals surface area contributed by atoms with Gasteiger partial charge >= 0.3 is 0 Å². The van der Waals surface area contributed by atoms with E-state index in [1.165, 1.54) is 0 Å². The molecule has 5 nitrogen and oxygen atoms in total. The third kappa shape index (κ3) is 6.28. The van der Waals surface area contributed by atoms with Crippen LogP contribution in [-0.4, -0.2) is 34.7 Å². The van der Waals surface area contributed by atoms with Crippen molar-refractivity contribution >= 4 is 46.4 Å². The smallest absolute Gasteiger partial charge is 0.171 e. The standard InChI is InChI=1S/C16H20Cl2N4OS/c1-2-23-9-3-7-19-16(24)20-15-6-8-22(21-15)11-12-4-5-13(17)14(18)10-12/h4-6,8,10H,2-3,7,9,11H2,1H3,(H2,19,20,21,24). The highest BCUT2D eigenvalue weighted by Crippen LogP contribution is 2.23. The van der Waals surface area contributed by atoms with E-state index in [1.807, 2.05) is 31.3 Å². The van der Waals surface area contributed by atoms with E-state index in [2.05, 4.69) is 15.7 Å². The Morgan fingerprint density at radius 3 is 2.88 bits per heavy atom. The third-order valence-corrected chi connectivity index (χ3v) is 4.15. The molecule has 0 radical (unpaired) electrons. The summed E-state index contributed by atoms with van der Waals surface area (Å²) < 4.78 is 7.08. The number of benzene rings is 1. The zero-order valence-corrected chi connectivity index (χ0v) is 15.7. The zero-order valence-electron chi connectivity index (χ0n) is 13.4. The Balaban J connectivity index is 1.80. The van der Waals surface area contributed by atoms with E-state index in [0.717, 1.165) is 31.7 Å². The van der Waals surface area contributed by atoms with Crippen LogP contribution in [-0.2, 0) is 11.3 Å². The number of thiocarbonyl (C=S) groups is 1. The zero-order chi connectivity index (χ0) is 17.4. The Kier molecular flexibility index (Phi) is 7.78. The lowest BCUT2D eigenvalue weighted by Crippen LogP contribution is -2.30. The van der Waals surface area contributed by atoms with Gasteiger partial charge in [-0.1, -0.05) is 29.3 Å². The number of hydrogen-bond donors (Lipinski definition) is 2. The molecule has 0 saturated carbocycles. The van der Waals surface area contributed by atoms with Gasteiger partial charge in [-0.15, -0.1) is 0 Å². The second-order valence-corrected chi connectivity index (χ2v) is 6.30. The fourth-order valence-electron chi connectivity index (χ4n) is 2.02. The first-order valence-corrected chi connectivity index (χ1v) is 8.85. The van der Waals surface area contributed by atoms with Crippen LogP contribution in [0.4, 0.5) is 5.82 Å². The number of nitrogens with one attached hydrogen (secondary N) is 2. The molecule has 0 aliphatic rings. The molecule has 2 rings (SSSR count). The average molecular weight is 387 g/mol. The molecule has 1 aromatic carbocycles. The van der Waals surface area contributed by atoms with Crippen LogP contribution < -0.4 is 10.6 Å². The van der Waals surface area contributed by atoms with Crippen molar-refractivity contribution in [3.63, 3.8) is 0 Å². The topological polar surface area (TPSA) is 51.1 Å². The highest BCUT2D eigenvalue weighted by molar-refractivity contribution is 7.80. The Bertz CT molecular complexity index is 678. The molecule has 0 fully saturated rings. The van der Waals surface area contributed by atoms with Crippen molar-refractivity contribution in [3.05, 3.63) is 46.1 Å². The van der Waals surface area contributed by atoms with Gasteiger partial charge in [0.15, 0.2) is 10.9 Å². The van der Waals surface area contributed by atoms with Crippen molar-refractivity contribution in [2.75, 3.05) is 25.1 Å². The van der Waals surface area contributed by atoms with Gasteiger partial charge in [0.1, 0.15) is 0 Å². The maximum atomic E-state index is 6.03. The van der Waals surface area contributed by atoms with Crippen LogP contribution in [0.1, 0.15) is 18.9 Å². The molecular weight excluding hydrogens is 367 g/mol. The predicted molar refractivity (Wildman–Crippen MR) is 103 cm³/mol. The Hall–Kier alpha value is -1.34. The molecular formula is C16H20Cl2N4OS. The van der Waals surface area contributed by atoms with E-state index in [4.69, 9.17) is 40.2 Å². The molecule has 0 bridgehead atoms. The normalized spacial score (nSPS) is 10.6. The summed E-state index contributed by atoms with van der Waals surface area (Å²) in [6.45, 7) is 4.81. The second kappa shape index (κ2) is 9.84. The molecule has 130 valence electrons. The van der Waals surface area contributed by atoms with Crippen molar-refractivity contribution in [2.24, 2.45) is 0 Å². The van der Waals surface area contributed by atoms with Gasteiger partial charge in [0.25, 0.3) is 0 Å². The molecule has 0 amide bonds. The van der Waals surface area contributed by atoms with E-state index >= 15 is 0 Å². The van der Waals surface area contributed by atoms with Crippen molar-refractivity contribution in [3.8, 4) is 0 Å². The number of halogens is 2. The minimum atomic E-state index is 0.539. The van der Waals surface area contributed by atoms with E-state index in [9.17, 15) is 0 Å². The molecule has 1 heterocycles. The first-order valence-electron chi connectivity index (χ1n) is 7.68. The fourth-order valence-corrected chi connectivity index (χ4v) is 2.55. The Morgan fingerprint density at radius 1 is 1.29 bits per heavy atom. The highest BCUT2D eigenvalue weighted by atomic mass is 35.5. The lowest BCUT2D eigenvalue weighted by atomic mass is 10.2. The van der Waals surface area contributed by atoms with Gasteiger partial charge in [-0.2, -0.15) is 5.10 Å². The van der Waals surface area contributed by atoms with Gasteiger partial charge < -0.3 is 15.4 Å². The average Bonchev–Trinajstić information content (AvgIpc) is 2.97. The van der Waals surface area contributed by atoms with E-state index in [0.29, 0.717) is 27.5 Å². The van der Waals surface area contributed by atoms with E-state index < -0.39 is 0 Å². The van der Waals surface area contributed by atoms with Gasteiger partial charge in [-0.3, -0.25) is 4.68 Å². The molecule has 0 spiro atoms. The lowest BCUT2D eigenvalue weighted by molar-refractivity contribution is 0.146. The van der Waals surface area contributed by atoms with Gasteiger partial charge in [0.05, 0.1) is 16.6 Å². The lowest BCUT2D eigenvalue weighted by Gasteiger charge is -2.08. The maximum Gasteiger partial charge on any atom is 0.171 e. The summed E-state index contributed by atoms with van der Waals surface area (Å²) in [6, 6.07) is 7.41. The van der Waals surface area contributed by atoms with E-state index in [1.54, 1.807) is 10.7 Å². The minimum Gasteiger partial charge on any atom is -0.382 e. The number of aromatic nitrogens is 2. The van der Waals surface area contributed by atoms with Crippen LogP contribution in [0.15, 0.2) is 30.5 Å². The number of anilines is 1. The predicted octanol–water partition coefficient (Wildman–Crippen LogP) is 3.95. The van der Waals surface area contributed by atoms with Crippen LogP contribution in [0.5, 0.6) is 0 Å². The molecule has 2 aromatic rings. The molecule has 0 unspecified atom stereocenters. The fraction of sp³-hybridized carbons (Fsp3) is 0.375. The minimum absolute atomic E-state index is 0.539. The van der Waals surface area contributed by atoms with Gasteiger partial charge in [-0.05, 0) is 43.3 Å². The summed E-state index contributed by atoms with van der Waals surface area (Å²) >= 11 is 17.2. The molecule has 0 aliphatic heterocycles. The summed E-state index contributed by atoms with van der Waals surface area (Å²) in [5, 5.41) is 12.2. The second-order valence-electron chi connectivity index (χ2n) is 5.08. The first kappa shape index (κ1) is 19.0. The summed E-state index contributed by atoms with van der Waals surface area (Å²) in [5.41, 5.74) is 1.02. The molecule has 0 aliphatic carbocycles. The Morgan fingerprint density at radius 2 is 2.12 bits per heavy atom. The number of nitrogens with zero attached hydrogens (tertiary/aromatic N) is 2. The van der Waals surface area contributed by atoms with Crippen molar-refractivity contribution in [1.82, 2.24) is 15.1 Å². The molecule has 0 saturated heterocycles. The van der Waals surface area contributed by atoms with E-state index in [-0.39, 0.29) is 0 Å². The van der Waals surface area contributed by atoms with Crippen molar-refractivity contribution in [2.45, 2.75) is 19.9 Å². The van der Waals surface area contributed by atoms with Crippen molar-refractivity contribution in [1.29, 1.82) is 0 Å². The molecule has 8 heteroatoms. The molecule has 2 N–H and O–H groups in total. The molecule has 0 atom stereocenters. The molecule has 24 heavy (non-hydrogen) atoms.